The van der Waals surface area contributed by atoms with Gasteiger partial charge in [-0.2, -0.15) is 0 Å². The van der Waals surface area contributed by atoms with Gasteiger partial charge in [0.2, 0.25) is 10.0 Å². The lowest BCUT2D eigenvalue weighted by Gasteiger charge is -2.24. The summed E-state index contributed by atoms with van der Waals surface area (Å²) in [6.45, 7) is -0.188. The van der Waals surface area contributed by atoms with Crippen LogP contribution >= 0.6 is 0 Å². The summed E-state index contributed by atoms with van der Waals surface area (Å²) in [7, 11) is -2.72. The van der Waals surface area contributed by atoms with E-state index in [1.54, 1.807) is 12.1 Å². The van der Waals surface area contributed by atoms with Gasteiger partial charge in [-0.25, -0.2) is 17.5 Å². The second-order valence-electron chi connectivity index (χ2n) is 5.81. The van der Waals surface area contributed by atoms with Gasteiger partial charge in [0.25, 0.3) is 0 Å². The molecular weight excluding hydrogens is 333 g/mol. The smallest absolute Gasteiger partial charge is 0.244 e. The van der Waals surface area contributed by atoms with Crippen molar-refractivity contribution < 1.29 is 22.7 Å². The zero-order valence-corrected chi connectivity index (χ0v) is 13.9. The molecule has 24 heavy (non-hydrogen) atoms. The standard InChI is InChI=1S/C17H18FNO4S/c1-23-15-7-6-13(18)10-16(15)24(21,22)19-11-17(20)9-8-12-4-2-3-5-14(12)17/h2-7,10,19-20H,8-9,11H2,1H3. The van der Waals surface area contributed by atoms with Crippen molar-refractivity contribution in [3.8, 4) is 5.75 Å². The van der Waals surface area contributed by atoms with Crippen LogP contribution in [0.15, 0.2) is 47.4 Å². The molecule has 1 aliphatic carbocycles. The number of sulfonamides is 1. The number of benzene rings is 2. The van der Waals surface area contributed by atoms with Crippen LogP contribution in [-0.4, -0.2) is 27.2 Å². The molecule has 0 radical (unpaired) electrons. The third-order valence-corrected chi connectivity index (χ3v) is 5.72. The number of aliphatic hydroxyl groups is 1. The molecule has 2 aromatic carbocycles. The van der Waals surface area contributed by atoms with E-state index in [0.717, 1.165) is 23.3 Å². The molecule has 0 fully saturated rings. The quantitative estimate of drug-likeness (QED) is 0.863. The van der Waals surface area contributed by atoms with Gasteiger partial charge in [-0.3, -0.25) is 0 Å². The van der Waals surface area contributed by atoms with Gasteiger partial charge < -0.3 is 9.84 Å². The van der Waals surface area contributed by atoms with E-state index in [4.69, 9.17) is 4.74 Å². The first kappa shape index (κ1) is 16.9. The summed E-state index contributed by atoms with van der Waals surface area (Å²) in [4.78, 5) is -0.292. The lowest BCUT2D eigenvalue weighted by Crippen LogP contribution is -2.39. The summed E-state index contributed by atoms with van der Waals surface area (Å²) in [5.74, 6) is -0.635. The Morgan fingerprint density at radius 2 is 2.04 bits per heavy atom. The summed E-state index contributed by atoms with van der Waals surface area (Å²) in [5, 5.41) is 10.8. The number of nitrogens with one attached hydrogen (secondary N) is 1. The van der Waals surface area contributed by atoms with Crippen molar-refractivity contribution in [2.24, 2.45) is 0 Å². The zero-order chi connectivity index (χ0) is 17.4. The maximum atomic E-state index is 13.4. The lowest BCUT2D eigenvalue weighted by atomic mass is 9.96. The van der Waals surface area contributed by atoms with Gasteiger partial charge >= 0.3 is 0 Å². The highest BCUT2D eigenvalue weighted by Gasteiger charge is 2.37. The Labute approximate surface area is 140 Å². The molecular formula is C17H18FNO4S. The first-order valence-corrected chi connectivity index (χ1v) is 8.98. The second-order valence-corrected chi connectivity index (χ2v) is 7.54. The molecule has 7 heteroatoms. The van der Waals surface area contributed by atoms with Crippen molar-refractivity contribution in [3.05, 3.63) is 59.4 Å². The first-order chi connectivity index (χ1) is 11.4. The van der Waals surface area contributed by atoms with Crippen LogP contribution in [0, 0.1) is 5.82 Å². The molecule has 0 saturated carbocycles. The molecule has 2 N–H and O–H groups in total. The lowest BCUT2D eigenvalue weighted by molar-refractivity contribution is 0.0442. The molecule has 5 nitrogen and oxygen atoms in total. The molecule has 0 aliphatic heterocycles. The van der Waals surface area contributed by atoms with Crippen LogP contribution in [0.2, 0.25) is 0 Å². The second kappa shape index (κ2) is 6.16. The topological polar surface area (TPSA) is 75.6 Å². The fourth-order valence-electron chi connectivity index (χ4n) is 3.00. The summed E-state index contributed by atoms with van der Waals surface area (Å²) in [5.41, 5.74) is 0.450. The van der Waals surface area contributed by atoms with E-state index in [9.17, 15) is 17.9 Å². The number of rotatable bonds is 5. The van der Waals surface area contributed by atoms with E-state index >= 15 is 0 Å². The molecule has 128 valence electrons. The van der Waals surface area contributed by atoms with Crippen LogP contribution in [0.4, 0.5) is 4.39 Å². The zero-order valence-electron chi connectivity index (χ0n) is 13.1. The number of aryl methyl sites for hydroxylation is 1. The predicted octanol–water partition coefficient (Wildman–Crippen LogP) is 1.95. The van der Waals surface area contributed by atoms with Crippen LogP contribution in [0.1, 0.15) is 17.5 Å². The van der Waals surface area contributed by atoms with E-state index in [-0.39, 0.29) is 17.2 Å². The van der Waals surface area contributed by atoms with Crippen LogP contribution in [0.25, 0.3) is 0 Å². The SMILES string of the molecule is COc1ccc(F)cc1S(=O)(=O)NCC1(O)CCc2ccccc21. The minimum absolute atomic E-state index is 0.0442. The fourth-order valence-corrected chi connectivity index (χ4v) is 4.27. The maximum Gasteiger partial charge on any atom is 0.244 e. The molecule has 0 amide bonds. The molecule has 0 heterocycles. The van der Waals surface area contributed by atoms with Gasteiger partial charge in [-0.1, -0.05) is 24.3 Å². The van der Waals surface area contributed by atoms with Crippen LogP contribution in [0.5, 0.6) is 5.75 Å². The summed E-state index contributed by atoms with van der Waals surface area (Å²) >= 11 is 0. The molecule has 2 aromatic rings. The van der Waals surface area contributed by atoms with Crippen molar-refractivity contribution in [3.63, 3.8) is 0 Å². The third kappa shape index (κ3) is 3.02. The Morgan fingerprint density at radius 1 is 1.29 bits per heavy atom. The number of hydrogen-bond acceptors (Lipinski definition) is 4. The average molecular weight is 351 g/mol. The van der Waals surface area contributed by atoms with Gasteiger partial charge in [-0.15, -0.1) is 0 Å². The number of ether oxygens (including phenoxy) is 1. The minimum atomic E-state index is -4.03. The number of hydrogen-bond donors (Lipinski definition) is 2. The molecule has 3 rings (SSSR count). The van der Waals surface area contributed by atoms with Crippen molar-refractivity contribution in [1.29, 1.82) is 0 Å². The molecule has 1 atom stereocenters. The predicted molar refractivity (Wildman–Crippen MR) is 86.8 cm³/mol. The van der Waals surface area contributed by atoms with E-state index < -0.39 is 21.4 Å². The van der Waals surface area contributed by atoms with Gasteiger partial charge in [0.05, 0.1) is 7.11 Å². The first-order valence-electron chi connectivity index (χ1n) is 7.50. The molecule has 0 bridgehead atoms. The Hall–Kier alpha value is -1.96. The van der Waals surface area contributed by atoms with E-state index in [2.05, 4.69) is 4.72 Å². The van der Waals surface area contributed by atoms with Crippen molar-refractivity contribution in [1.82, 2.24) is 4.72 Å². The minimum Gasteiger partial charge on any atom is -0.495 e. The van der Waals surface area contributed by atoms with Crippen LogP contribution in [0.3, 0.4) is 0 Å². The normalized spacial score (nSPS) is 20.0. The molecule has 1 unspecified atom stereocenters. The van der Waals surface area contributed by atoms with E-state index in [0.29, 0.717) is 12.8 Å². The average Bonchev–Trinajstić information content (AvgIpc) is 2.91. The third-order valence-electron chi connectivity index (χ3n) is 4.30. The molecule has 0 aromatic heterocycles. The summed E-state index contributed by atoms with van der Waals surface area (Å²) in [6, 6.07) is 10.7. The number of halogens is 1. The highest BCUT2D eigenvalue weighted by molar-refractivity contribution is 7.89. The molecule has 0 saturated heterocycles. The van der Waals surface area contributed by atoms with Crippen LogP contribution in [-0.2, 0) is 22.0 Å². The number of methoxy groups -OCH3 is 1. The monoisotopic (exact) mass is 351 g/mol. The van der Waals surface area contributed by atoms with Gasteiger partial charge in [0.1, 0.15) is 22.1 Å². The van der Waals surface area contributed by atoms with Gasteiger partial charge in [0.15, 0.2) is 0 Å². The van der Waals surface area contributed by atoms with Crippen molar-refractivity contribution >= 4 is 10.0 Å². The Balaban J connectivity index is 1.86. The van der Waals surface area contributed by atoms with E-state index in [1.807, 2.05) is 12.1 Å². The Kier molecular flexibility index (Phi) is 4.33. The highest BCUT2D eigenvalue weighted by atomic mass is 32.2. The summed E-state index contributed by atoms with van der Waals surface area (Å²) in [6.07, 6.45) is 1.10. The molecule has 1 aliphatic rings. The largest absolute Gasteiger partial charge is 0.495 e. The number of fused-ring (bicyclic) bond motifs is 1. The highest BCUT2D eigenvalue weighted by Crippen LogP contribution is 2.36. The van der Waals surface area contributed by atoms with Crippen molar-refractivity contribution in [2.45, 2.75) is 23.3 Å². The van der Waals surface area contributed by atoms with Gasteiger partial charge in [0, 0.05) is 6.54 Å². The maximum absolute atomic E-state index is 13.4. The Bertz CT molecular complexity index is 869. The van der Waals surface area contributed by atoms with Crippen LogP contribution < -0.4 is 9.46 Å². The Morgan fingerprint density at radius 3 is 2.79 bits per heavy atom. The van der Waals surface area contributed by atoms with Gasteiger partial charge in [-0.05, 0) is 42.2 Å². The fraction of sp³-hybridized carbons (Fsp3) is 0.294. The summed E-state index contributed by atoms with van der Waals surface area (Å²) < 4.78 is 45.8. The van der Waals surface area contributed by atoms with Crippen molar-refractivity contribution in [2.75, 3.05) is 13.7 Å². The molecule has 0 spiro atoms. The van der Waals surface area contributed by atoms with E-state index in [1.165, 1.54) is 13.2 Å².